The zero-order chi connectivity index (χ0) is 12.3. The van der Waals surface area contributed by atoms with Gasteiger partial charge in [0.05, 0.1) is 0 Å². The second-order valence-electron chi connectivity index (χ2n) is 3.67. The van der Waals surface area contributed by atoms with E-state index in [4.69, 9.17) is 10.8 Å². The number of hydrogen-bond donors (Lipinski definition) is 2. The number of carboxylic acid groups (broad SMARTS) is 1. The summed E-state index contributed by atoms with van der Waals surface area (Å²) in [4.78, 5) is 21.5. The third-order valence-corrected chi connectivity index (χ3v) is 4.21. The number of carbonyl (C=O) groups is 2. The summed E-state index contributed by atoms with van der Waals surface area (Å²) < 4.78 is 24.2. The summed E-state index contributed by atoms with van der Waals surface area (Å²) >= 11 is 0. The minimum atomic E-state index is -3.94. The molecule has 1 atom stereocenters. The van der Waals surface area contributed by atoms with E-state index in [2.05, 4.69) is 0 Å². The van der Waals surface area contributed by atoms with Gasteiger partial charge in [0.25, 0.3) is 0 Å². The quantitative estimate of drug-likeness (QED) is 0.645. The monoisotopic (exact) mass is 250 g/mol. The molecule has 1 rings (SSSR count). The molecule has 0 bridgehead atoms. The molecule has 0 aliphatic carbocycles. The lowest BCUT2D eigenvalue weighted by atomic mass is 10.0. The van der Waals surface area contributed by atoms with Crippen molar-refractivity contribution in [2.75, 3.05) is 12.3 Å². The predicted octanol–water partition coefficient (Wildman–Crippen LogP) is -1.26. The second-order valence-corrected chi connectivity index (χ2v) is 5.60. The highest BCUT2D eigenvalue weighted by Crippen LogP contribution is 2.20. The van der Waals surface area contributed by atoms with E-state index < -0.39 is 33.7 Å². The Balaban J connectivity index is 2.90. The SMILES string of the molecule is NC(=O)C1CCCCN1S(=O)(=O)CC(=O)O. The number of nitrogens with zero attached hydrogens (tertiary/aromatic N) is 1. The first kappa shape index (κ1) is 12.9. The number of primary amides is 1. The average molecular weight is 250 g/mol. The molecule has 16 heavy (non-hydrogen) atoms. The maximum Gasteiger partial charge on any atom is 0.320 e. The highest BCUT2D eigenvalue weighted by atomic mass is 32.2. The third kappa shape index (κ3) is 2.92. The predicted molar refractivity (Wildman–Crippen MR) is 55.0 cm³/mol. The van der Waals surface area contributed by atoms with Crippen LogP contribution in [0.3, 0.4) is 0 Å². The van der Waals surface area contributed by atoms with Crippen LogP contribution in [0.4, 0.5) is 0 Å². The van der Waals surface area contributed by atoms with Crippen LogP contribution < -0.4 is 5.73 Å². The van der Waals surface area contributed by atoms with Crippen LogP contribution in [0.5, 0.6) is 0 Å². The Morgan fingerprint density at radius 1 is 1.38 bits per heavy atom. The van der Waals surface area contributed by atoms with E-state index in [1.54, 1.807) is 0 Å². The summed E-state index contributed by atoms with van der Waals surface area (Å²) in [5.41, 5.74) is 5.09. The van der Waals surface area contributed by atoms with Gasteiger partial charge in [-0.05, 0) is 12.8 Å². The molecule has 0 radical (unpaired) electrons. The third-order valence-electron chi connectivity index (χ3n) is 2.45. The molecule has 0 aromatic rings. The molecular weight excluding hydrogens is 236 g/mol. The Bertz CT molecular complexity index is 391. The van der Waals surface area contributed by atoms with Crippen LogP contribution in [0.25, 0.3) is 0 Å². The summed E-state index contributed by atoms with van der Waals surface area (Å²) in [6, 6.07) is -0.905. The van der Waals surface area contributed by atoms with Crippen molar-refractivity contribution in [3.05, 3.63) is 0 Å². The Kier molecular flexibility index (Phi) is 3.87. The van der Waals surface area contributed by atoms with Gasteiger partial charge in [-0.1, -0.05) is 6.42 Å². The van der Waals surface area contributed by atoms with Crippen molar-refractivity contribution in [1.82, 2.24) is 4.31 Å². The lowest BCUT2D eigenvalue weighted by Gasteiger charge is -2.31. The molecule has 1 aliphatic rings. The van der Waals surface area contributed by atoms with Gasteiger partial charge in [-0.3, -0.25) is 9.59 Å². The Morgan fingerprint density at radius 3 is 2.50 bits per heavy atom. The van der Waals surface area contributed by atoms with Gasteiger partial charge >= 0.3 is 5.97 Å². The van der Waals surface area contributed by atoms with Crippen LogP contribution in [-0.2, 0) is 19.6 Å². The number of rotatable bonds is 4. The number of carboxylic acids is 1. The van der Waals surface area contributed by atoms with Crippen LogP contribution >= 0.6 is 0 Å². The van der Waals surface area contributed by atoms with Gasteiger partial charge < -0.3 is 10.8 Å². The zero-order valence-electron chi connectivity index (χ0n) is 8.63. The van der Waals surface area contributed by atoms with E-state index in [0.29, 0.717) is 19.3 Å². The van der Waals surface area contributed by atoms with Gasteiger partial charge in [0.15, 0.2) is 5.75 Å². The van der Waals surface area contributed by atoms with Gasteiger partial charge in [0.2, 0.25) is 15.9 Å². The average Bonchev–Trinajstić information content (AvgIpc) is 2.15. The summed E-state index contributed by atoms with van der Waals surface area (Å²) in [5.74, 6) is -3.17. The minimum Gasteiger partial charge on any atom is -0.480 e. The van der Waals surface area contributed by atoms with Crippen LogP contribution in [0.15, 0.2) is 0 Å². The fourth-order valence-corrected chi connectivity index (χ4v) is 3.24. The van der Waals surface area contributed by atoms with Crippen LogP contribution in [0.1, 0.15) is 19.3 Å². The number of carbonyl (C=O) groups excluding carboxylic acids is 1. The number of amides is 1. The molecule has 92 valence electrons. The molecule has 0 aromatic carbocycles. The van der Waals surface area contributed by atoms with E-state index >= 15 is 0 Å². The first-order valence-electron chi connectivity index (χ1n) is 4.85. The number of piperidine rings is 1. The topological polar surface area (TPSA) is 118 Å². The standard InChI is InChI=1S/C8H14N2O5S/c9-8(13)6-3-1-2-4-10(6)16(14,15)5-7(11)12/h6H,1-5H2,(H2,9,13)(H,11,12). The molecule has 1 unspecified atom stereocenters. The Morgan fingerprint density at radius 2 is 2.00 bits per heavy atom. The minimum absolute atomic E-state index is 0.156. The first-order valence-corrected chi connectivity index (χ1v) is 6.46. The number of nitrogens with two attached hydrogens (primary N) is 1. The largest absolute Gasteiger partial charge is 0.480 e. The van der Waals surface area contributed by atoms with Crippen molar-refractivity contribution in [3.63, 3.8) is 0 Å². The van der Waals surface area contributed by atoms with Crippen molar-refractivity contribution in [2.24, 2.45) is 5.73 Å². The molecule has 0 spiro atoms. The molecule has 0 aromatic heterocycles. The summed E-state index contributed by atoms with van der Waals surface area (Å²) in [5, 5.41) is 8.48. The number of aliphatic carboxylic acids is 1. The maximum atomic E-state index is 11.6. The lowest BCUT2D eigenvalue weighted by molar-refractivity contribution is -0.134. The molecule has 3 N–H and O–H groups in total. The van der Waals surface area contributed by atoms with E-state index in [1.165, 1.54) is 0 Å². The van der Waals surface area contributed by atoms with Gasteiger partial charge in [-0.15, -0.1) is 0 Å². The number of sulfonamides is 1. The molecule has 1 aliphatic heterocycles. The lowest BCUT2D eigenvalue weighted by Crippen LogP contribution is -2.51. The first-order chi connectivity index (χ1) is 7.34. The maximum absolute atomic E-state index is 11.6. The van der Waals surface area contributed by atoms with Crippen molar-refractivity contribution in [1.29, 1.82) is 0 Å². The fourth-order valence-electron chi connectivity index (χ4n) is 1.76. The van der Waals surface area contributed by atoms with Crippen molar-refractivity contribution >= 4 is 21.9 Å². The molecule has 8 heteroatoms. The van der Waals surface area contributed by atoms with Crippen LogP contribution in [0, 0.1) is 0 Å². The van der Waals surface area contributed by atoms with E-state index in [0.717, 1.165) is 4.31 Å². The van der Waals surface area contributed by atoms with Gasteiger partial charge in [-0.25, -0.2) is 8.42 Å². The molecular formula is C8H14N2O5S. The van der Waals surface area contributed by atoms with E-state index in [1.807, 2.05) is 0 Å². The zero-order valence-corrected chi connectivity index (χ0v) is 9.44. The van der Waals surface area contributed by atoms with E-state index in [9.17, 15) is 18.0 Å². The molecule has 1 fully saturated rings. The molecule has 1 amide bonds. The van der Waals surface area contributed by atoms with Crippen LogP contribution in [0.2, 0.25) is 0 Å². The van der Waals surface area contributed by atoms with E-state index in [-0.39, 0.29) is 6.54 Å². The highest BCUT2D eigenvalue weighted by Gasteiger charge is 2.36. The second kappa shape index (κ2) is 4.79. The Hall–Kier alpha value is -1.15. The smallest absolute Gasteiger partial charge is 0.320 e. The van der Waals surface area contributed by atoms with Crippen molar-refractivity contribution < 1.29 is 23.1 Å². The van der Waals surface area contributed by atoms with Gasteiger partial charge in [0.1, 0.15) is 6.04 Å². The van der Waals surface area contributed by atoms with Gasteiger partial charge in [0, 0.05) is 6.54 Å². The van der Waals surface area contributed by atoms with Gasteiger partial charge in [-0.2, -0.15) is 4.31 Å². The molecule has 7 nitrogen and oxygen atoms in total. The highest BCUT2D eigenvalue weighted by molar-refractivity contribution is 7.89. The molecule has 1 saturated heterocycles. The summed E-state index contributed by atoms with van der Waals surface area (Å²) in [7, 11) is -3.94. The molecule has 0 saturated carbocycles. The fraction of sp³-hybridized carbons (Fsp3) is 0.750. The number of hydrogen-bond acceptors (Lipinski definition) is 4. The summed E-state index contributed by atoms with van der Waals surface area (Å²) in [6.45, 7) is 0.156. The van der Waals surface area contributed by atoms with Crippen molar-refractivity contribution in [2.45, 2.75) is 25.3 Å². The Labute approximate surface area is 93.3 Å². The van der Waals surface area contributed by atoms with Crippen molar-refractivity contribution in [3.8, 4) is 0 Å². The summed E-state index contributed by atoms with van der Waals surface area (Å²) in [6.07, 6.45) is 1.68. The molecule has 1 heterocycles. The normalized spacial score (nSPS) is 22.9. The van der Waals surface area contributed by atoms with Crippen LogP contribution in [-0.4, -0.2) is 48.0 Å².